The number of carbonyl (C=O) groups excluding carboxylic acids is 1. The van der Waals surface area contributed by atoms with Crippen LogP contribution in [0.4, 0.5) is 0 Å². The van der Waals surface area contributed by atoms with Gasteiger partial charge in [-0.2, -0.15) is 0 Å². The molecule has 0 N–H and O–H groups in total. The van der Waals surface area contributed by atoms with Crippen LogP contribution in [-0.4, -0.2) is 67.1 Å². The summed E-state index contributed by atoms with van der Waals surface area (Å²) in [5.41, 5.74) is 0. The Labute approximate surface area is 104 Å². The van der Waals surface area contributed by atoms with Crippen molar-refractivity contribution in [3.63, 3.8) is 0 Å². The molecule has 0 radical (unpaired) electrons. The Morgan fingerprint density at radius 3 is 2.94 bits per heavy atom. The normalized spacial score (nSPS) is 28.9. The van der Waals surface area contributed by atoms with Crippen molar-refractivity contribution in [1.82, 2.24) is 9.80 Å². The van der Waals surface area contributed by atoms with Crippen LogP contribution < -0.4 is 0 Å². The summed E-state index contributed by atoms with van der Waals surface area (Å²) in [4.78, 5) is 16.1. The van der Waals surface area contributed by atoms with Gasteiger partial charge in [0.2, 0.25) is 0 Å². The zero-order chi connectivity index (χ0) is 12.3. The van der Waals surface area contributed by atoms with E-state index in [2.05, 4.69) is 23.6 Å². The minimum Gasteiger partial charge on any atom is -0.374 e. The van der Waals surface area contributed by atoms with Gasteiger partial charge in [-0.3, -0.25) is 14.6 Å². The molecule has 0 aliphatic carbocycles. The standard InChI is InChI=1S/C13H24N2O2/c1-11(2)15-6-7-17-13(10-15)9-14-5-3-4-12(16)8-14/h11,13H,3-10H2,1-2H3. The van der Waals surface area contributed by atoms with E-state index in [1.54, 1.807) is 0 Å². The lowest BCUT2D eigenvalue weighted by Gasteiger charge is -2.38. The molecule has 98 valence electrons. The third-order valence-electron chi connectivity index (χ3n) is 3.69. The van der Waals surface area contributed by atoms with Gasteiger partial charge in [0.25, 0.3) is 0 Å². The van der Waals surface area contributed by atoms with Gasteiger partial charge in [-0.15, -0.1) is 0 Å². The summed E-state index contributed by atoms with van der Waals surface area (Å²) in [5, 5.41) is 0. The molecule has 1 unspecified atom stereocenters. The number of ketones is 1. The minimum absolute atomic E-state index is 0.275. The van der Waals surface area contributed by atoms with Crippen LogP contribution in [0.5, 0.6) is 0 Å². The predicted octanol–water partition coefficient (Wildman–Crippen LogP) is 0.760. The van der Waals surface area contributed by atoms with E-state index in [1.807, 2.05) is 0 Å². The van der Waals surface area contributed by atoms with Crippen LogP contribution in [0.2, 0.25) is 0 Å². The summed E-state index contributed by atoms with van der Waals surface area (Å²) in [7, 11) is 0. The molecule has 2 saturated heterocycles. The molecule has 2 aliphatic rings. The number of rotatable bonds is 3. The van der Waals surface area contributed by atoms with Crippen LogP contribution in [0.3, 0.4) is 0 Å². The van der Waals surface area contributed by atoms with Crippen LogP contribution in [0, 0.1) is 0 Å². The van der Waals surface area contributed by atoms with Crippen LogP contribution >= 0.6 is 0 Å². The van der Waals surface area contributed by atoms with Gasteiger partial charge in [0, 0.05) is 32.1 Å². The average molecular weight is 240 g/mol. The lowest BCUT2D eigenvalue weighted by atomic mass is 10.1. The van der Waals surface area contributed by atoms with E-state index >= 15 is 0 Å². The molecule has 4 heteroatoms. The van der Waals surface area contributed by atoms with Gasteiger partial charge in [-0.25, -0.2) is 0 Å². The van der Waals surface area contributed by atoms with E-state index < -0.39 is 0 Å². The largest absolute Gasteiger partial charge is 0.374 e. The first-order valence-corrected chi connectivity index (χ1v) is 6.75. The highest BCUT2D eigenvalue weighted by molar-refractivity contribution is 5.81. The van der Waals surface area contributed by atoms with Crippen LogP contribution in [0.15, 0.2) is 0 Å². The lowest BCUT2D eigenvalue weighted by molar-refractivity contribution is -0.123. The fraction of sp³-hybridized carbons (Fsp3) is 0.923. The maximum absolute atomic E-state index is 11.4. The van der Waals surface area contributed by atoms with E-state index in [0.717, 1.165) is 45.6 Å². The Morgan fingerprint density at radius 2 is 2.24 bits per heavy atom. The summed E-state index contributed by atoms with van der Waals surface area (Å²) in [6.45, 7) is 9.91. The number of nitrogens with zero attached hydrogens (tertiary/aromatic N) is 2. The third-order valence-corrected chi connectivity index (χ3v) is 3.69. The molecule has 0 aromatic heterocycles. The molecular formula is C13H24N2O2. The van der Waals surface area contributed by atoms with Crippen molar-refractivity contribution < 1.29 is 9.53 Å². The Bertz CT molecular complexity index is 268. The Kier molecular flexibility index (Phi) is 4.54. The van der Waals surface area contributed by atoms with Crippen molar-refractivity contribution >= 4 is 5.78 Å². The second-order valence-electron chi connectivity index (χ2n) is 5.46. The minimum atomic E-state index is 0.275. The molecular weight excluding hydrogens is 216 g/mol. The highest BCUT2D eigenvalue weighted by Gasteiger charge is 2.26. The smallest absolute Gasteiger partial charge is 0.146 e. The van der Waals surface area contributed by atoms with Crippen molar-refractivity contribution in [3.8, 4) is 0 Å². The van der Waals surface area contributed by atoms with E-state index in [9.17, 15) is 4.79 Å². The van der Waals surface area contributed by atoms with E-state index in [0.29, 0.717) is 18.4 Å². The van der Waals surface area contributed by atoms with Crippen molar-refractivity contribution in [1.29, 1.82) is 0 Å². The number of ether oxygens (including phenoxy) is 1. The fourth-order valence-corrected chi connectivity index (χ4v) is 2.67. The fourth-order valence-electron chi connectivity index (χ4n) is 2.67. The van der Waals surface area contributed by atoms with E-state index in [-0.39, 0.29) is 6.10 Å². The second kappa shape index (κ2) is 5.94. The first-order valence-electron chi connectivity index (χ1n) is 6.75. The second-order valence-corrected chi connectivity index (χ2v) is 5.46. The number of Topliss-reactive ketones (excluding diaryl/α,β-unsaturated/α-hetero) is 1. The summed E-state index contributed by atoms with van der Waals surface area (Å²) >= 11 is 0. The van der Waals surface area contributed by atoms with Crippen molar-refractivity contribution in [3.05, 3.63) is 0 Å². The van der Waals surface area contributed by atoms with Crippen molar-refractivity contribution in [2.24, 2.45) is 0 Å². The molecule has 0 amide bonds. The summed E-state index contributed by atoms with van der Waals surface area (Å²) in [6, 6.07) is 0.587. The number of carbonyl (C=O) groups is 1. The first kappa shape index (κ1) is 13.0. The molecule has 2 aliphatic heterocycles. The van der Waals surface area contributed by atoms with Crippen molar-refractivity contribution in [2.45, 2.75) is 38.8 Å². The predicted molar refractivity (Wildman–Crippen MR) is 67.1 cm³/mol. The van der Waals surface area contributed by atoms with Crippen LogP contribution in [-0.2, 0) is 9.53 Å². The maximum Gasteiger partial charge on any atom is 0.146 e. The number of piperidine rings is 1. The molecule has 2 fully saturated rings. The Balaban J connectivity index is 1.79. The van der Waals surface area contributed by atoms with E-state index in [4.69, 9.17) is 4.74 Å². The third kappa shape index (κ3) is 3.76. The number of hydrogen-bond acceptors (Lipinski definition) is 4. The SMILES string of the molecule is CC(C)N1CCOC(CN2CCCC(=O)C2)C1. The number of morpholine rings is 1. The quantitative estimate of drug-likeness (QED) is 0.729. The van der Waals surface area contributed by atoms with Gasteiger partial charge in [0.15, 0.2) is 0 Å². The van der Waals surface area contributed by atoms with Crippen molar-refractivity contribution in [2.75, 3.05) is 39.3 Å². The summed E-state index contributed by atoms with van der Waals surface area (Å²) in [6.07, 6.45) is 2.05. The molecule has 17 heavy (non-hydrogen) atoms. The molecule has 2 rings (SSSR count). The van der Waals surface area contributed by atoms with Gasteiger partial charge in [0.1, 0.15) is 5.78 Å². The van der Waals surface area contributed by atoms with Gasteiger partial charge in [-0.05, 0) is 26.8 Å². The molecule has 0 saturated carbocycles. The molecule has 0 aromatic carbocycles. The number of hydrogen-bond donors (Lipinski definition) is 0. The summed E-state index contributed by atoms with van der Waals surface area (Å²) < 4.78 is 5.80. The molecule has 0 bridgehead atoms. The monoisotopic (exact) mass is 240 g/mol. The molecule has 1 atom stereocenters. The summed E-state index contributed by atoms with van der Waals surface area (Å²) in [5.74, 6) is 0.382. The van der Waals surface area contributed by atoms with Gasteiger partial charge < -0.3 is 4.74 Å². The Morgan fingerprint density at radius 1 is 1.41 bits per heavy atom. The zero-order valence-corrected chi connectivity index (χ0v) is 11.0. The van der Waals surface area contributed by atoms with Crippen LogP contribution in [0.1, 0.15) is 26.7 Å². The molecule has 2 heterocycles. The van der Waals surface area contributed by atoms with Gasteiger partial charge >= 0.3 is 0 Å². The highest BCUT2D eigenvalue weighted by atomic mass is 16.5. The Hall–Kier alpha value is -0.450. The average Bonchev–Trinajstić information content (AvgIpc) is 2.29. The zero-order valence-electron chi connectivity index (χ0n) is 11.0. The van der Waals surface area contributed by atoms with Gasteiger partial charge in [0.05, 0.1) is 19.3 Å². The lowest BCUT2D eigenvalue weighted by Crippen LogP contribution is -2.51. The van der Waals surface area contributed by atoms with Crippen LogP contribution in [0.25, 0.3) is 0 Å². The van der Waals surface area contributed by atoms with Gasteiger partial charge in [-0.1, -0.05) is 0 Å². The first-order chi connectivity index (χ1) is 8.15. The number of likely N-dealkylation sites (tertiary alicyclic amines) is 1. The maximum atomic E-state index is 11.4. The topological polar surface area (TPSA) is 32.8 Å². The molecule has 4 nitrogen and oxygen atoms in total. The molecule has 0 aromatic rings. The van der Waals surface area contributed by atoms with E-state index in [1.165, 1.54) is 0 Å². The highest BCUT2D eigenvalue weighted by Crippen LogP contribution is 2.12. The molecule has 0 spiro atoms.